The highest BCUT2D eigenvalue weighted by molar-refractivity contribution is 7.18. The van der Waals surface area contributed by atoms with Crippen molar-refractivity contribution < 1.29 is 23.1 Å². The van der Waals surface area contributed by atoms with Crippen molar-refractivity contribution in [2.45, 2.75) is 6.18 Å². The second-order valence-electron chi connectivity index (χ2n) is 2.72. The van der Waals surface area contributed by atoms with E-state index in [1.165, 1.54) is 0 Å². The Morgan fingerprint density at radius 2 is 2.20 bits per heavy atom. The topological polar surface area (TPSA) is 66.0 Å². The van der Waals surface area contributed by atoms with Crippen molar-refractivity contribution in [3.63, 3.8) is 0 Å². The number of carboxylic acids is 1. The molecule has 8 heteroatoms. The summed E-state index contributed by atoms with van der Waals surface area (Å²) in [4.78, 5) is 16.0. The summed E-state index contributed by atoms with van der Waals surface area (Å²) in [5, 5.41) is 7.57. The molecule has 0 aliphatic heterocycles. The predicted molar refractivity (Wildman–Crippen MR) is 45.9 cm³/mol. The van der Waals surface area contributed by atoms with Crippen LogP contribution in [0.3, 0.4) is 0 Å². The van der Waals surface area contributed by atoms with Gasteiger partial charge >= 0.3 is 12.1 Å². The molecule has 80 valence electrons. The van der Waals surface area contributed by atoms with E-state index < -0.39 is 17.2 Å². The minimum atomic E-state index is -4.49. The third-order valence-electron chi connectivity index (χ3n) is 1.65. The lowest BCUT2D eigenvalue weighted by Crippen LogP contribution is -2.03. The van der Waals surface area contributed by atoms with Crippen LogP contribution in [0.25, 0.3) is 10.3 Å². The number of rotatable bonds is 1. The minimum Gasteiger partial charge on any atom is -0.477 e. The zero-order valence-corrected chi connectivity index (χ0v) is 7.74. The van der Waals surface area contributed by atoms with Gasteiger partial charge in [-0.2, -0.15) is 13.2 Å². The van der Waals surface area contributed by atoms with Crippen molar-refractivity contribution in [2.24, 2.45) is 0 Å². The van der Waals surface area contributed by atoms with Crippen LogP contribution in [-0.4, -0.2) is 21.0 Å². The van der Waals surface area contributed by atoms with E-state index in [1.54, 1.807) is 0 Å². The first-order valence-corrected chi connectivity index (χ1v) is 4.49. The van der Waals surface area contributed by atoms with Crippen LogP contribution in [0, 0.1) is 0 Å². The number of fused-ring (bicyclic) bond motifs is 1. The largest absolute Gasteiger partial charge is 0.477 e. The van der Waals surface area contributed by atoms with E-state index >= 15 is 0 Å². The summed E-state index contributed by atoms with van der Waals surface area (Å²) in [5.74, 6) is -1.23. The summed E-state index contributed by atoms with van der Waals surface area (Å²) >= 11 is 0.412. The van der Waals surface area contributed by atoms with Gasteiger partial charge in [0.15, 0.2) is 0 Å². The van der Waals surface area contributed by atoms with Crippen molar-refractivity contribution in [1.82, 2.24) is 9.97 Å². The molecule has 0 aromatic carbocycles. The molecular formula is C7H3F3N2O2S. The third kappa shape index (κ3) is 1.67. The molecule has 0 radical (unpaired) electrons. The van der Waals surface area contributed by atoms with Crippen LogP contribution in [0.4, 0.5) is 13.2 Å². The molecule has 0 atom stereocenters. The number of carboxylic acid groups (broad SMARTS) is 1. The molecule has 4 nitrogen and oxygen atoms in total. The quantitative estimate of drug-likeness (QED) is 0.798. The van der Waals surface area contributed by atoms with E-state index in [9.17, 15) is 18.0 Å². The summed E-state index contributed by atoms with van der Waals surface area (Å²) < 4.78 is 36.7. The van der Waals surface area contributed by atoms with Crippen LogP contribution in [0.5, 0.6) is 0 Å². The van der Waals surface area contributed by atoms with Gasteiger partial charge in [-0.3, -0.25) is 0 Å². The Hall–Kier alpha value is -1.57. The van der Waals surface area contributed by atoms with Gasteiger partial charge in [0.05, 0.1) is 4.70 Å². The van der Waals surface area contributed by atoms with Crippen molar-refractivity contribution >= 4 is 27.7 Å². The number of aromatic nitrogens is 2. The molecule has 0 saturated carbocycles. The number of hydrogen-bond acceptors (Lipinski definition) is 3. The normalized spacial score (nSPS) is 12.2. The smallest absolute Gasteiger partial charge is 0.443 e. The fourth-order valence-corrected chi connectivity index (χ4v) is 1.88. The van der Waals surface area contributed by atoms with E-state index in [0.29, 0.717) is 11.3 Å². The lowest BCUT2D eigenvalue weighted by molar-refractivity contribution is -0.137. The Morgan fingerprint density at radius 3 is 2.67 bits per heavy atom. The zero-order chi connectivity index (χ0) is 11.2. The Balaban J connectivity index is 2.52. The lowest BCUT2D eigenvalue weighted by Gasteiger charge is -1.98. The van der Waals surface area contributed by atoms with Gasteiger partial charge in [0, 0.05) is 0 Å². The molecular weight excluding hydrogens is 233 g/mol. The monoisotopic (exact) mass is 236 g/mol. The number of H-pyrrole nitrogens is 1. The summed E-state index contributed by atoms with van der Waals surface area (Å²) in [5.41, 5.74) is -0.220. The van der Waals surface area contributed by atoms with Crippen molar-refractivity contribution in [2.75, 3.05) is 0 Å². The highest BCUT2D eigenvalue weighted by Crippen LogP contribution is 2.35. The molecule has 0 amide bonds. The van der Waals surface area contributed by atoms with E-state index in [-0.39, 0.29) is 16.0 Å². The molecule has 15 heavy (non-hydrogen) atoms. The molecule has 0 aliphatic rings. The molecule has 2 N–H and O–H groups in total. The van der Waals surface area contributed by atoms with E-state index in [1.807, 2.05) is 0 Å². The average molecular weight is 236 g/mol. The molecule has 0 bridgehead atoms. The van der Waals surface area contributed by atoms with Crippen LogP contribution in [0.15, 0.2) is 6.07 Å². The summed E-state index contributed by atoms with van der Waals surface area (Å²) in [6.45, 7) is 0. The molecule has 2 aromatic heterocycles. The van der Waals surface area contributed by atoms with Crippen LogP contribution in [-0.2, 0) is 6.18 Å². The van der Waals surface area contributed by atoms with Crippen molar-refractivity contribution in [3.8, 4) is 0 Å². The maximum atomic E-state index is 12.2. The van der Waals surface area contributed by atoms with Crippen molar-refractivity contribution in [3.05, 3.63) is 16.8 Å². The number of carbonyl (C=O) groups is 1. The maximum Gasteiger partial charge on any atom is 0.443 e. The summed E-state index contributed by atoms with van der Waals surface area (Å²) in [7, 11) is 0. The van der Waals surface area contributed by atoms with E-state index in [4.69, 9.17) is 5.11 Å². The first-order chi connectivity index (χ1) is 6.88. The SMILES string of the molecule is O=C(O)c1cc2sc(C(F)(F)F)nc2[nH]1. The Labute approximate surface area is 84.4 Å². The Bertz CT molecular complexity index is 496. The van der Waals surface area contributed by atoms with Gasteiger partial charge in [0.2, 0.25) is 5.01 Å². The van der Waals surface area contributed by atoms with Gasteiger partial charge < -0.3 is 10.1 Å². The number of halogens is 3. The van der Waals surface area contributed by atoms with Gasteiger partial charge in [-0.05, 0) is 6.07 Å². The molecule has 0 aliphatic carbocycles. The second-order valence-corrected chi connectivity index (χ2v) is 3.75. The summed E-state index contributed by atoms with van der Waals surface area (Å²) in [6, 6.07) is 1.13. The minimum absolute atomic E-state index is 0.0512. The highest BCUT2D eigenvalue weighted by Gasteiger charge is 2.35. The van der Waals surface area contributed by atoms with Gasteiger partial charge in [-0.15, -0.1) is 11.3 Å². The fraction of sp³-hybridized carbons (Fsp3) is 0.143. The molecule has 2 aromatic rings. The van der Waals surface area contributed by atoms with Crippen LogP contribution >= 0.6 is 11.3 Å². The number of nitrogens with zero attached hydrogens (tertiary/aromatic N) is 1. The molecule has 0 fully saturated rings. The predicted octanol–water partition coefficient (Wildman–Crippen LogP) is 2.34. The average Bonchev–Trinajstić information content (AvgIpc) is 2.55. The lowest BCUT2D eigenvalue weighted by atomic mass is 10.4. The first-order valence-electron chi connectivity index (χ1n) is 3.68. The molecule has 0 unspecified atom stereocenters. The van der Waals surface area contributed by atoms with Gasteiger partial charge in [0.1, 0.15) is 11.3 Å². The van der Waals surface area contributed by atoms with E-state index in [0.717, 1.165) is 6.07 Å². The second kappa shape index (κ2) is 2.96. The maximum absolute atomic E-state index is 12.2. The number of nitrogens with one attached hydrogen (secondary N) is 1. The summed E-state index contributed by atoms with van der Waals surface area (Å²) in [6.07, 6.45) is -4.49. The Morgan fingerprint density at radius 1 is 1.53 bits per heavy atom. The standard InChI is InChI=1S/C7H3F3N2O2S/c8-7(9,10)6-12-4-3(15-6)1-2(11-4)5(13)14/h1,11H,(H,13,14). The van der Waals surface area contributed by atoms with Gasteiger partial charge in [-0.25, -0.2) is 9.78 Å². The number of aromatic carboxylic acids is 1. The van der Waals surface area contributed by atoms with Crippen molar-refractivity contribution in [1.29, 1.82) is 0 Å². The van der Waals surface area contributed by atoms with Crippen LogP contribution in [0.2, 0.25) is 0 Å². The highest BCUT2D eigenvalue weighted by atomic mass is 32.1. The first kappa shape index (κ1) is 9.97. The van der Waals surface area contributed by atoms with Gasteiger partial charge in [0.25, 0.3) is 0 Å². The fourth-order valence-electron chi connectivity index (χ4n) is 1.05. The molecule has 0 saturated heterocycles. The van der Waals surface area contributed by atoms with Crippen LogP contribution in [0.1, 0.15) is 15.5 Å². The Kier molecular flexibility index (Phi) is 1.97. The molecule has 0 spiro atoms. The zero-order valence-electron chi connectivity index (χ0n) is 6.92. The third-order valence-corrected chi connectivity index (χ3v) is 2.70. The molecule has 2 rings (SSSR count). The van der Waals surface area contributed by atoms with Crippen LogP contribution < -0.4 is 0 Å². The van der Waals surface area contributed by atoms with E-state index in [2.05, 4.69) is 9.97 Å². The molecule has 2 heterocycles. The number of alkyl halides is 3. The number of aromatic amines is 1. The number of thiazole rings is 1. The van der Waals surface area contributed by atoms with Gasteiger partial charge in [-0.1, -0.05) is 0 Å². The number of hydrogen-bond donors (Lipinski definition) is 2.